The molecular weight excluding hydrogens is 833 g/mol. The van der Waals surface area contributed by atoms with Crippen molar-refractivity contribution in [1.29, 1.82) is 0 Å². The number of hydrogen-bond donors (Lipinski definition) is 10. The van der Waals surface area contributed by atoms with E-state index in [1.165, 1.54) is 0 Å². The molecule has 0 aromatic heterocycles. The minimum atomic E-state index is -5.88. The predicted molar refractivity (Wildman–Crippen MR) is 84.3 cm³/mol. The molecule has 202 valence electrons. The molecule has 0 rings (SSSR count). The molecule has 0 saturated heterocycles. The van der Waals surface area contributed by atoms with Gasteiger partial charge in [0, 0.05) is 0 Å². The Morgan fingerprint density at radius 3 is 0.758 bits per heavy atom. The van der Waals surface area contributed by atoms with Gasteiger partial charge in [-0.2, -0.15) is 8.42 Å². The number of hydrogen-bond acceptors (Lipinski definition) is 8. The Kier molecular flexibility index (Phi) is 34.8. The van der Waals surface area contributed by atoms with Crippen molar-refractivity contribution in [3.63, 3.8) is 0 Å². The first-order valence-corrected chi connectivity index (χ1v) is 22.7. The second-order valence-electron chi connectivity index (χ2n) is 3.38. The van der Waals surface area contributed by atoms with Crippen molar-refractivity contribution in [1.82, 2.24) is 0 Å². The zero-order valence-electron chi connectivity index (χ0n) is 15.3. The first-order valence-electron chi connectivity index (χ1n) is 5.36. The maximum Gasteiger partial charge on any atom is 1.00 e. The molecule has 0 bridgehead atoms. The monoisotopic (exact) mass is 848 g/mol. The third-order valence-electron chi connectivity index (χ3n) is 0.328. The molecule has 10 N–H and O–H groups in total. The molecule has 33 heavy (non-hydrogen) atoms. The van der Waals surface area contributed by atoms with Crippen molar-refractivity contribution in [3.8, 4) is 0 Å². The Labute approximate surface area is 209 Å². The van der Waals surface area contributed by atoms with E-state index in [1.807, 2.05) is 0 Å². The molecular formula is C3H15As5F5LiO18S. The Bertz CT molecular complexity index is 661. The van der Waals surface area contributed by atoms with E-state index in [1.54, 1.807) is 0 Å². The molecule has 18 nitrogen and oxygen atoms in total. The average molecular weight is 848 g/mol. The Hall–Kier alpha value is 1.29. The summed E-state index contributed by atoms with van der Waals surface area (Å²) in [5.74, 6) is -0.368. The van der Waals surface area contributed by atoms with Gasteiger partial charge >= 0.3 is 169 Å². The summed E-state index contributed by atoms with van der Waals surface area (Å²) in [5.41, 5.74) is 0. The summed E-state index contributed by atoms with van der Waals surface area (Å²) < 4.78 is 195. The summed E-state index contributed by atoms with van der Waals surface area (Å²) in [6, 6.07) is 0. The molecule has 0 aromatic carbocycles. The van der Waals surface area contributed by atoms with Crippen molar-refractivity contribution in [2.75, 3.05) is 5.75 Å². The third-order valence-corrected chi connectivity index (χ3v) is 0.985. The summed E-state index contributed by atoms with van der Waals surface area (Å²) in [4.78, 5) is 0. The molecule has 0 aliphatic heterocycles. The second kappa shape index (κ2) is 22.5. The minimum Gasteiger partial charge on any atom is 1.00 e. The molecule has 30 heteroatoms. The number of halogens is 5. The fourth-order valence-corrected chi connectivity index (χ4v) is 0.447. The van der Waals surface area contributed by atoms with Crippen LogP contribution in [0.1, 0.15) is 0 Å². The molecule has 1 unspecified atom stereocenters. The normalized spacial score (nSPS) is 12.7. The third kappa shape index (κ3) is 1160. The number of rotatable bonds is 2. The van der Waals surface area contributed by atoms with Crippen molar-refractivity contribution in [2.45, 2.75) is 0 Å². The fourth-order valence-electron chi connectivity index (χ4n) is 0.149. The zero-order chi connectivity index (χ0) is 28.4. The van der Waals surface area contributed by atoms with Gasteiger partial charge < -0.3 is 0 Å². The molecule has 0 spiro atoms. The molecule has 0 aliphatic carbocycles. The first-order chi connectivity index (χ1) is 13.1. The van der Waals surface area contributed by atoms with Crippen LogP contribution < -0.4 is 23.0 Å². The van der Waals surface area contributed by atoms with Gasteiger partial charge in [0.15, 0.2) is 0 Å². The Morgan fingerprint density at radius 1 is 0.667 bits per heavy atom. The van der Waals surface area contributed by atoms with E-state index in [4.69, 9.17) is 64.2 Å². The maximum atomic E-state index is 10.4. The summed E-state index contributed by atoms with van der Waals surface area (Å²) in [6.07, 6.45) is 1.12. The van der Waals surface area contributed by atoms with Crippen molar-refractivity contribution >= 4 is 83.3 Å². The fraction of sp³-hybridized carbons (Fsp3) is 0.333. The van der Waals surface area contributed by atoms with Crippen LogP contribution in [0.3, 0.4) is 0 Å². The quantitative estimate of drug-likeness (QED) is 0.0534. The van der Waals surface area contributed by atoms with Gasteiger partial charge in [-0.3, -0.25) is 4.55 Å². The Balaban J connectivity index is -0.0000000491. The van der Waals surface area contributed by atoms with Crippen molar-refractivity contribution < 1.29 is 109 Å². The summed E-state index contributed by atoms with van der Waals surface area (Å²) in [5, 5.41) is 0. The van der Waals surface area contributed by atoms with Crippen LogP contribution in [0.5, 0.6) is 0 Å². The van der Waals surface area contributed by atoms with Crippen LogP contribution in [0, 0.1) is 0 Å². The minimum absolute atomic E-state index is 0. The first kappa shape index (κ1) is 51.0. The van der Waals surface area contributed by atoms with Gasteiger partial charge in [-0.15, -0.1) is 6.58 Å². The van der Waals surface area contributed by atoms with Crippen LogP contribution in [-0.2, 0) is 28.8 Å². The van der Waals surface area contributed by atoms with Crippen molar-refractivity contribution in [2.24, 2.45) is 0 Å². The van der Waals surface area contributed by atoms with Gasteiger partial charge in [0.1, 0.15) is 0 Å². The van der Waals surface area contributed by atoms with Crippen LogP contribution in [0.15, 0.2) is 12.7 Å². The van der Waals surface area contributed by atoms with Gasteiger partial charge in [0.2, 0.25) is 0 Å². The van der Waals surface area contributed by atoms with E-state index >= 15 is 0 Å². The molecule has 0 aromatic rings. The molecule has 1 atom stereocenters. The molecule has 0 heterocycles. The van der Waals surface area contributed by atoms with Crippen LogP contribution in [0.4, 0.5) is 17.3 Å². The van der Waals surface area contributed by atoms with E-state index in [0.29, 0.717) is 0 Å². The van der Waals surface area contributed by atoms with E-state index in [2.05, 4.69) is 6.58 Å². The summed E-state index contributed by atoms with van der Waals surface area (Å²) in [6.45, 7) is 3.11. The van der Waals surface area contributed by atoms with Gasteiger partial charge in [-0.25, -0.2) is 0 Å². The van der Waals surface area contributed by atoms with Crippen LogP contribution in [-0.4, -0.2) is 129 Å². The SMILES string of the molecule is C=CCS(=O)(=O)O.O=[As](O)(O)F.O=[As](O)(O)F.O=[As](O)(O)F.O=[As](O)(O)F.O=[As]([O-])(O)F.[Li+]. The van der Waals surface area contributed by atoms with E-state index in [9.17, 15) is 25.8 Å². The smallest absolute Gasteiger partial charge is 1.00 e. The second-order valence-corrected chi connectivity index (χ2v) is 14.7. The Morgan fingerprint density at radius 2 is 0.758 bits per heavy atom. The van der Waals surface area contributed by atoms with E-state index < -0.39 is 83.3 Å². The van der Waals surface area contributed by atoms with Gasteiger partial charge in [-0.05, 0) is 0 Å². The topological polar surface area (TPSA) is 345 Å². The zero-order valence-corrected chi connectivity index (χ0v) is 25.5. The molecule has 0 fully saturated rings. The van der Waals surface area contributed by atoms with Crippen LogP contribution in [0.25, 0.3) is 0 Å². The standard InChI is InChI=1S/C3H6O3S.5AsFH2O3.Li/c1-2-3-7(4,5)6;5*2-1(3,4)5;/h2H,1,3H2,(H,4,5,6);5*(H2,3,4,5);/q;;;;;;+1/p-1. The predicted octanol–water partition coefficient (Wildman–Crippen LogP) is -9.53. The summed E-state index contributed by atoms with van der Waals surface area (Å²) >= 11 is -28.4. The van der Waals surface area contributed by atoms with Crippen LogP contribution in [0.2, 0.25) is 0 Å². The van der Waals surface area contributed by atoms with E-state index in [-0.39, 0.29) is 24.6 Å². The van der Waals surface area contributed by atoms with Crippen molar-refractivity contribution in [3.05, 3.63) is 12.7 Å². The molecule has 0 aliphatic rings. The largest absolute Gasteiger partial charge is 1.00 e. The summed E-state index contributed by atoms with van der Waals surface area (Å²) in [7, 11) is -3.79. The molecule has 0 amide bonds. The maximum absolute atomic E-state index is 10.4. The van der Waals surface area contributed by atoms with Gasteiger partial charge in [-0.1, -0.05) is 6.08 Å². The average Bonchev–Trinajstić information content (AvgIpc) is 2.12. The van der Waals surface area contributed by atoms with E-state index in [0.717, 1.165) is 6.08 Å². The van der Waals surface area contributed by atoms with Crippen LogP contribution >= 0.6 is 0 Å². The molecule has 0 radical (unpaired) electrons. The van der Waals surface area contributed by atoms with Gasteiger partial charge in [0.05, 0.1) is 5.75 Å². The molecule has 0 saturated carbocycles. The van der Waals surface area contributed by atoms with Gasteiger partial charge in [0.25, 0.3) is 10.1 Å².